The zero-order valence-electron chi connectivity index (χ0n) is 8.64. The number of aromatic amines is 2. The number of aromatic nitrogens is 4. The SMILES string of the molecule is O=C(O)c1cccc2[nH]c(-c3ncc[nH]3)nc12. The number of nitrogens with one attached hydrogen (secondary N) is 2. The molecule has 0 saturated heterocycles. The lowest BCUT2D eigenvalue weighted by Gasteiger charge is -1.93. The van der Waals surface area contributed by atoms with Crippen LogP contribution in [-0.2, 0) is 0 Å². The first-order valence-electron chi connectivity index (χ1n) is 4.97. The normalized spacial score (nSPS) is 10.8. The van der Waals surface area contributed by atoms with E-state index in [1.165, 1.54) is 6.07 Å². The Labute approximate surface area is 95.3 Å². The van der Waals surface area contributed by atoms with Crippen molar-refractivity contribution >= 4 is 17.0 Å². The minimum absolute atomic E-state index is 0.177. The van der Waals surface area contributed by atoms with E-state index in [1.807, 2.05) is 0 Å². The van der Waals surface area contributed by atoms with Crippen molar-refractivity contribution in [3.05, 3.63) is 36.2 Å². The fourth-order valence-corrected chi connectivity index (χ4v) is 1.71. The Morgan fingerprint density at radius 2 is 2.18 bits per heavy atom. The summed E-state index contributed by atoms with van der Waals surface area (Å²) in [7, 11) is 0. The van der Waals surface area contributed by atoms with Gasteiger partial charge in [0.15, 0.2) is 11.6 Å². The second-order valence-electron chi connectivity index (χ2n) is 3.53. The molecule has 0 fully saturated rings. The molecule has 6 nitrogen and oxygen atoms in total. The number of aromatic carboxylic acids is 1. The highest BCUT2D eigenvalue weighted by Gasteiger charge is 2.13. The van der Waals surface area contributed by atoms with Gasteiger partial charge in [-0.15, -0.1) is 0 Å². The number of carbonyl (C=O) groups is 1. The molecular weight excluding hydrogens is 220 g/mol. The number of fused-ring (bicyclic) bond motifs is 1. The van der Waals surface area contributed by atoms with Crippen LogP contribution in [0.25, 0.3) is 22.7 Å². The molecule has 0 amide bonds. The molecule has 0 aliphatic carbocycles. The molecule has 3 rings (SSSR count). The fourth-order valence-electron chi connectivity index (χ4n) is 1.71. The standard InChI is InChI=1S/C11H8N4O2/c16-11(17)6-2-1-3-7-8(6)15-10(14-7)9-12-4-5-13-9/h1-5H,(H,12,13)(H,14,15)(H,16,17). The van der Waals surface area contributed by atoms with Crippen molar-refractivity contribution in [1.29, 1.82) is 0 Å². The van der Waals surface area contributed by atoms with Gasteiger partial charge in [0.05, 0.1) is 11.1 Å². The summed E-state index contributed by atoms with van der Waals surface area (Å²) in [6.07, 6.45) is 3.29. The molecule has 0 radical (unpaired) electrons. The maximum absolute atomic E-state index is 11.0. The molecule has 0 bridgehead atoms. The van der Waals surface area contributed by atoms with Crippen molar-refractivity contribution < 1.29 is 9.90 Å². The van der Waals surface area contributed by atoms with E-state index in [0.29, 0.717) is 22.7 Å². The minimum Gasteiger partial charge on any atom is -0.478 e. The van der Waals surface area contributed by atoms with E-state index in [2.05, 4.69) is 19.9 Å². The highest BCUT2D eigenvalue weighted by molar-refractivity contribution is 6.01. The highest BCUT2D eigenvalue weighted by Crippen LogP contribution is 2.20. The van der Waals surface area contributed by atoms with Gasteiger partial charge >= 0.3 is 5.97 Å². The quantitative estimate of drug-likeness (QED) is 0.621. The van der Waals surface area contributed by atoms with Gasteiger partial charge in [-0.05, 0) is 12.1 Å². The van der Waals surface area contributed by atoms with Gasteiger partial charge in [-0.1, -0.05) is 6.07 Å². The number of carboxylic acids is 1. The Balaban J connectivity index is 2.26. The average molecular weight is 228 g/mol. The molecule has 17 heavy (non-hydrogen) atoms. The number of hydrogen-bond acceptors (Lipinski definition) is 3. The summed E-state index contributed by atoms with van der Waals surface area (Å²) in [5.74, 6) is 0.115. The topological polar surface area (TPSA) is 94.7 Å². The van der Waals surface area contributed by atoms with Crippen LogP contribution in [0.3, 0.4) is 0 Å². The van der Waals surface area contributed by atoms with Crippen LogP contribution < -0.4 is 0 Å². The van der Waals surface area contributed by atoms with Crippen molar-refractivity contribution in [2.75, 3.05) is 0 Å². The molecule has 2 heterocycles. The summed E-state index contributed by atoms with van der Waals surface area (Å²) in [6.45, 7) is 0. The summed E-state index contributed by atoms with van der Waals surface area (Å²) in [6, 6.07) is 4.98. The van der Waals surface area contributed by atoms with Gasteiger partial charge < -0.3 is 15.1 Å². The van der Waals surface area contributed by atoms with E-state index < -0.39 is 5.97 Å². The molecule has 0 unspecified atom stereocenters. The first-order chi connectivity index (χ1) is 8.25. The molecule has 0 aliphatic heterocycles. The lowest BCUT2D eigenvalue weighted by Crippen LogP contribution is -1.96. The van der Waals surface area contributed by atoms with Crippen LogP contribution in [0.2, 0.25) is 0 Å². The second-order valence-corrected chi connectivity index (χ2v) is 3.53. The largest absolute Gasteiger partial charge is 0.478 e. The van der Waals surface area contributed by atoms with Gasteiger partial charge in [0.25, 0.3) is 0 Å². The van der Waals surface area contributed by atoms with Gasteiger partial charge in [0, 0.05) is 12.4 Å². The molecule has 2 aromatic heterocycles. The van der Waals surface area contributed by atoms with E-state index >= 15 is 0 Å². The summed E-state index contributed by atoms with van der Waals surface area (Å²) in [5.41, 5.74) is 1.29. The number of H-pyrrole nitrogens is 2. The fraction of sp³-hybridized carbons (Fsp3) is 0. The zero-order chi connectivity index (χ0) is 11.8. The number of nitrogens with zero attached hydrogens (tertiary/aromatic N) is 2. The van der Waals surface area contributed by atoms with Crippen molar-refractivity contribution in [2.45, 2.75) is 0 Å². The maximum Gasteiger partial charge on any atom is 0.337 e. The number of imidazole rings is 2. The van der Waals surface area contributed by atoms with E-state index in [-0.39, 0.29) is 5.56 Å². The van der Waals surface area contributed by atoms with Crippen LogP contribution in [0, 0.1) is 0 Å². The van der Waals surface area contributed by atoms with Crippen molar-refractivity contribution in [1.82, 2.24) is 19.9 Å². The van der Waals surface area contributed by atoms with Gasteiger partial charge in [-0.2, -0.15) is 0 Å². The molecule has 3 aromatic rings. The van der Waals surface area contributed by atoms with Crippen LogP contribution in [-0.4, -0.2) is 31.0 Å². The molecular formula is C11H8N4O2. The molecule has 1 aromatic carbocycles. The van der Waals surface area contributed by atoms with Crippen LogP contribution in [0.15, 0.2) is 30.6 Å². The Morgan fingerprint density at radius 1 is 1.29 bits per heavy atom. The predicted molar refractivity (Wildman–Crippen MR) is 60.6 cm³/mol. The average Bonchev–Trinajstić information content (AvgIpc) is 2.96. The van der Waals surface area contributed by atoms with Crippen LogP contribution in [0.4, 0.5) is 0 Å². The second kappa shape index (κ2) is 3.44. The molecule has 0 atom stereocenters. The number of hydrogen-bond donors (Lipinski definition) is 3. The number of carboxylic acid groups (broad SMARTS) is 1. The Hall–Kier alpha value is -2.63. The molecule has 0 saturated carbocycles. The third-order valence-electron chi connectivity index (χ3n) is 2.47. The van der Waals surface area contributed by atoms with Crippen LogP contribution >= 0.6 is 0 Å². The third-order valence-corrected chi connectivity index (χ3v) is 2.47. The first-order valence-corrected chi connectivity index (χ1v) is 4.97. The van der Waals surface area contributed by atoms with E-state index in [1.54, 1.807) is 24.5 Å². The Bertz CT molecular complexity index is 685. The lowest BCUT2D eigenvalue weighted by molar-refractivity contribution is 0.0699. The van der Waals surface area contributed by atoms with E-state index in [9.17, 15) is 4.79 Å². The van der Waals surface area contributed by atoms with Crippen LogP contribution in [0.1, 0.15) is 10.4 Å². The summed E-state index contributed by atoms with van der Waals surface area (Å²) in [5, 5.41) is 9.05. The van der Waals surface area contributed by atoms with Crippen molar-refractivity contribution in [2.24, 2.45) is 0 Å². The molecule has 3 N–H and O–H groups in total. The maximum atomic E-state index is 11.0. The third kappa shape index (κ3) is 1.46. The first kappa shape index (κ1) is 9.59. The summed E-state index contributed by atoms with van der Waals surface area (Å²) >= 11 is 0. The molecule has 84 valence electrons. The van der Waals surface area contributed by atoms with E-state index in [0.717, 1.165) is 0 Å². The number of benzene rings is 1. The molecule has 6 heteroatoms. The Kier molecular flexibility index (Phi) is 1.94. The Morgan fingerprint density at radius 3 is 2.88 bits per heavy atom. The molecule has 0 spiro atoms. The summed E-state index contributed by atoms with van der Waals surface area (Å²) in [4.78, 5) is 25.3. The summed E-state index contributed by atoms with van der Waals surface area (Å²) < 4.78 is 0. The monoisotopic (exact) mass is 228 g/mol. The van der Waals surface area contributed by atoms with Gasteiger partial charge in [-0.25, -0.2) is 14.8 Å². The lowest BCUT2D eigenvalue weighted by atomic mass is 10.2. The van der Waals surface area contributed by atoms with Crippen LogP contribution in [0.5, 0.6) is 0 Å². The molecule has 0 aliphatic rings. The van der Waals surface area contributed by atoms with Crippen molar-refractivity contribution in [3.8, 4) is 11.6 Å². The van der Waals surface area contributed by atoms with Gasteiger partial charge in [-0.3, -0.25) is 0 Å². The smallest absolute Gasteiger partial charge is 0.337 e. The minimum atomic E-state index is -0.993. The van der Waals surface area contributed by atoms with Gasteiger partial charge in [0.1, 0.15) is 5.52 Å². The van der Waals surface area contributed by atoms with Crippen molar-refractivity contribution in [3.63, 3.8) is 0 Å². The van der Waals surface area contributed by atoms with E-state index in [4.69, 9.17) is 5.11 Å². The van der Waals surface area contributed by atoms with Gasteiger partial charge in [0.2, 0.25) is 0 Å². The zero-order valence-corrected chi connectivity index (χ0v) is 8.64. The predicted octanol–water partition coefficient (Wildman–Crippen LogP) is 1.65. The highest BCUT2D eigenvalue weighted by atomic mass is 16.4. The number of para-hydroxylation sites is 1. The number of rotatable bonds is 2.